The van der Waals surface area contributed by atoms with E-state index in [1.807, 2.05) is 36.4 Å². The summed E-state index contributed by atoms with van der Waals surface area (Å²) in [6, 6.07) is 13.7. The van der Waals surface area contributed by atoms with Crippen molar-refractivity contribution in [2.45, 2.75) is 26.3 Å². The first-order valence-corrected chi connectivity index (χ1v) is 9.57. The van der Waals surface area contributed by atoms with E-state index in [9.17, 15) is 4.79 Å². The number of likely N-dealkylation sites (tertiary alicyclic amines) is 1. The zero-order chi connectivity index (χ0) is 19.2. The lowest BCUT2D eigenvalue weighted by Crippen LogP contribution is -2.34. The first kappa shape index (κ1) is 19.4. The van der Waals surface area contributed by atoms with Crippen LogP contribution >= 0.6 is 11.6 Å². The van der Waals surface area contributed by atoms with E-state index < -0.39 is 0 Å². The van der Waals surface area contributed by atoms with E-state index in [-0.39, 0.29) is 5.78 Å². The number of carbonyl (C=O) groups is 1. The highest BCUT2D eigenvalue weighted by Crippen LogP contribution is 2.30. The molecule has 0 amide bonds. The number of ketones is 1. The standard InChI is InChI=1S/C21H23ClN4O/c1-15(27)18-3-2-4-19(12-18)20-6-5-17(11-21(20)22)14-26-9-7-16(8-10-26)13-24-25-23/h2-6,11-12,16H,7-10,13-14H2,1H3. The molecule has 0 N–H and O–H groups in total. The van der Waals surface area contributed by atoms with Crippen LogP contribution in [0, 0.1) is 5.92 Å². The lowest BCUT2D eigenvalue weighted by atomic mass is 9.96. The molecule has 1 aliphatic heterocycles. The molecule has 0 aromatic heterocycles. The van der Waals surface area contributed by atoms with Crippen molar-refractivity contribution in [3.63, 3.8) is 0 Å². The van der Waals surface area contributed by atoms with Crippen LogP contribution in [0.15, 0.2) is 47.6 Å². The summed E-state index contributed by atoms with van der Waals surface area (Å²) < 4.78 is 0. The maximum absolute atomic E-state index is 11.6. The number of nitrogens with zero attached hydrogens (tertiary/aromatic N) is 4. The number of halogens is 1. The Bertz CT molecular complexity index is 868. The first-order chi connectivity index (χ1) is 13.1. The Morgan fingerprint density at radius 1 is 1.26 bits per heavy atom. The second-order valence-electron chi connectivity index (χ2n) is 7.08. The summed E-state index contributed by atoms with van der Waals surface area (Å²) in [5.41, 5.74) is 12.2. The van der Waals surface area contributed by atoms with Gasteiger partial charge in [0.15, 0.2) is 5.78 Å². The summed E-state index contributed by atoms with van der Waals surface area (Å²) in [6.07, 6.45) is 2.12. The van der Waals surface area contributed by atoms with Crippen LogP contribution in [0.4, 0.5) is 0 Å². The molecule has 2 aromatic carbocycles. The highest BCUT2D eigenvalue weighted by atomic mass is 35.5. The molecule has 27 heavy (non-hydrogen) atoms. The largest absolute Gasteiger partial charge is 0.299 e. The number of hydrogen-bond acceptors (Lipinski definition) is 3. The summed E-state index contributed by atoms with van der Waals surface area (Å²) in [5, 5.41) is 4.40. The van der Waals surface area contributed by atoms with Crippen LogP contribution in [0.2, 0.25) is 5.02 Å². The Hall–Kier alpha value is -2.33. The predicted octanol–water partition coefficient (Wildman–Crippen LogP) is 5.73. The van der Waals surface area contributed by atoms with Gasteiger partial charge in [0.1, 0.15) is 0 Å². The Kier molecular flexibility index (Phi) is 6.51. The van der Waals surface area contributed by atoms with Gasteiger partial charge in [-0.05, 0) is 67.6 Å². The smallest absolute Gasteiger partial charge is 0.159 e. The van der Waals surface area contributed by atoms with E-state index in [1.54, 1.807) is 6.92 Å². The molecule has 0 bridgehead atoms. The van der Waals surface area contributed by atoms with E-state index in [2.05, 4.69) is 21.0 Å². The van der Waals surface area contributed by atoms with Gasteiger partial charge in [0, 0.05) is 34.2 Å². The molecular formula is C21H23ClN4O. The van der Waals surface area contributed by atoms with Crippen LogP contribution in [0.5, 0.6) is 0 Å². The molecule has 1 saturated heterocycles. The topological polar surface area (TPSA) is 69.1 Å². The zero-order valence-electron chi connectivity index (χ0n) is 15.4. The van der Waals surface area contributed by atoms with Crippen molar-refractivity contribution in [1.29, 1.82) is 0 Å². The molecule has 0 aliphatic carbocycles. The minimum atomic E-state index is 0.0495. The van der Waals surface area contributed by atoms with E-state index in [0.29, 0.717) is 23.0 Å². The molecule has 0 unspecified atom stereocenters. The lowest BCUT2D eigenvalue weighted by Gasteiger charge is -2.31. The Morgan fingerprint density at radius 3 is 2.70 bits per heavy atom. The van der Waals surface area contributed by atoms with Gasteiger partial charge in [-0.2, -0.15) is 0 Å². The van der Waals surface area contributed by atoms with E-state index in [1.165, 1.54) is 5.56 Å². The molecule has 1 fully saturated rings. The second kappa shape index (κ2) is 9.05. The quantitative estimate of drug-likeness (QED) is 0.277. The van der Waals surface area contributed by atoms with Crippen molar-refractivity contribution in [3.05, 3.63) is 69.1 Å². The Balaban J connectivity index is 1.66. The van der Waals surface area contributed by atoms with Crippen molar-refractivity contribution < 1.29 is 4.79 Å². The second-order valence-corrected chi connectivity index (χ2v) is 7.49. The summed E-state index contributed by atoms with van der Waals surface area (Å²) in [6.45, 7) is 5.04. The van der Waals surface area contributed by atoms with Crippen molar-refractivity contribution in [1.82, 2.24) is 4.90 Å². The van der Waals surface area contributed by atoms with Crippen molar-refractivity contribution in [2.24, 2.45) is 11.0 Å². The molecule has 1 heterocycles. The molecule has 0 radical (unpaired) electrons. The van der Waals surface area contributed by atoms with Gasteiger partial charge in [-0.3, -0.25) is 9.69 Å². The average Bonchev–Trinajstić information content (AvgIpc) is 2.67. The summed E-state index contributed by atoms with van der Waals surface area (Å²) in [4.78, 5) is 16.9. The predicted molar refractivity (Wildman–Crippen MR) is 109 cm³/mol. The van der Waals surface area contributed by atoms with Crippen LogP contribution in [0.3, 0.4) is 0 Å². The van der Waals surface area contributed by atoms with E-state index in [0.717, 1.165) is 43.6 Å². The fourth-order valence-electron chi connectivity index (χ4n) is 3.53. The van der Waals surface area contributed by atoms with Crippen molar-refractivity contribution >= 4 is 17.4 Å². The summed E-state index contributed by atoms with van der Waals surface area (Å²) >= 11 is 6.54. The van der Waals surface area contributed by atoms with Crippen LogP contribution < -0.4 is 0 Å². The minimum absolute atomic E-state index is 0.0495. The van der Waals surface area contributed by atoms with E-state index >= 15 is 0 Å². The SMILES string of the molecule is CC(=O)c1cccc(-c2ccc(CN3CCC(CN=[N+]=[N-])CC3)cc2Cl)c1. The van der Waals surface area contributed by atoms with Gasteiger partial charge in [-0.1, -0.05) is 47.0 Å². The molecule has 140 valence electrons. The number of piperidine rings is 1. The van der Waals surface area contributed by atoms with Gasteiger partial charge < -0.3 is 0 Å². The van der Waals surface area contributed by atoms with E-state index in [4.69, 9.17) is 17.1 Å². The van der Waals surface area contributed by atoms with Gasteiger partial charge >= 0.3 is 0 Å². The maximum Gasteiger partial charge on any atom is 0.159 e. The molecule has 0 saturated carbocycles. The summed E-state index contributed by atoms with van der Waals surface area (Å²) in [5.74, 6) is 0.546. The monoisotopic (exact) mass is 382 g/mol. The highest BCUT2D eigenvalue weighted by Gasteiger charge is 2.19. The molecule has 3 rings (SSSR count). The number of hydrogen-bond donors (Lipinski definition) is 0. The molecule has 0 spiro atoms. The lowest BCUT2D eigenvalue weighted by molar-refractivity contribution is 0.101. The number of carbonyl (C=O) groups excluding carboxylic acids is 1. The number of azide groups is 1. The van der Waals surface area contributed by atoms with Crippen LogP contribution in [0.25, 0.3) is 21.6 Å². The van der Waals surface area contributed by atoms with Gasteiger partial charge in [0.2, 0.25) is 0 Å². The minimum Gasteiger partial charge on any atom is -0.299 e. The third kappa shape index (κ3) is 5.10. The van der Waals surface area contributed by atoms with Gasteiger partial charge in [-0.15, -0.1) is 0 Å². The summed E-state index contributed by atoms with van der Waals surface area (Å²) in [7, 11) is 0. The fraction of sp³-hybridized carbons (Fsp3) is 0.381. The molecule has 2 aromatic rings. The van der Waals surface area contributed by atoms with Crippen molar-refractivity contribution in [3.8, 4) is 11.1 Å². The molecular weight excluding hydrogens is 360 g/mol. The molecule has 0 atom stereocenters. The first-order valence-electron chi connectivity index (χ1n) is 9.20. The Labute approximate surface area is 164 Å². The molecule has 5 nitrogen and oxygen atoms in total. The maximum atomic E-state index is 11.6. The number of benzene rings is 2. The number of rotatable bonds is 6. The fourth-order valence-corrected chi connectivity index (χ4v) is 3.85. The van der Waals surface area contributed by atoms with Gasteiger partial charge in [0.05, 0.1) is 0 Å². The average molecular weight is 383 g/mol. The highest BCUT2D eigenvalue weighted by molar-refractivity contribution is 6.33. The third-order valence-corrected chi connectivity index (χ3v) is 5.44. The third-order valence-electron chi connectivity index (χ3n) is 5.13. The zero-order valence-corrected chi connectivity index (χ0v) is 16.2. The van der Waals surface area contributed by atoms with Crippen LogP contribution in [-0.4, -0.2) is 30.3 Å². The van der Waals surface area contributed by atoms with Gasteiger partial charge in [-0.25, -0.2) is 0 Å². The van der Waals surface area contributed by atoms with Crippen LogP contribution in [-0.2, 0) is 6.54 Å². The van der Waals surface area contributed by atoms with Crippen molar-refractivity contribution in [2.75, 3.05) is 19.6 Å². The van der Waals surface area contributed by atoms with Gasteiger partial charge in [0.25, 0.3) is 0 Å². The molecule has 6 heteroatoms. The number of Topliss-reactive ketones (excluding diaryl/α,β-unsaturated/α-hetero) is 1. The Morgan fingerprint density at radius 2 is 2.04 bits per heavy atom. The normalized spacial score (nSPS) is 15.3. The van der Waals surface area contributed by atoms with Crippen LogP contribution in [0.1, 0.15) is 35.7 Å². The molecule has 1 aliphatic rings.